The lowest BCUT2D eigenvalue weighted by atomic mass is 9.77. The van der Waals surface area contributed by atoms with Gasteiger partial charge in [0.15, 0.2) is 5.41 Å². The van der Waals surface area contributed by atoms with Crippen molar-refractivity contribution in [2.24, 2.45) is 0 Å². The summed E-state index contributed by atoms with van der Waals surface area (Å²) in [5, 5.41) is 37.7. The molecule has 0 heterocycles. The zero-order valence-electron chi connectivity index (χ0n) is 12.0. The van der Waals surface area contributed by atoms with Gasteiger partial charge in [0.2, 0.25) is 0 Å². The highest BCUT2D eigenvalue weighted by molar-refractivity contribution is 5.86. The van der Waals surface area contributed by atoms with Crippen LogP contribution in [0.1, 0.15) is 25.8 Å². The van der Waals surface area contributed by atoms with Gasteiger partial charge in [0.05, 0.1) is 18.3 Å². The average molecular weight is 293 g/mol. The lowest BCUT2D eigenvalue weighted by Gasteiger charge is -2.26. The van der Waals surface area contributed by atoms with Gasteiger partial charge in [-0.25, -0.2) is 0 Å². The molecule has 0 bridgehead atoms. The number of nitrogens with zero attached hydrogens (tertiary/aromatic N) is 1. The van der Waals surface area contributed by atoms with Crippen molar-refractivity contribution in [1.29, 1.82) is 5.26 Å². The lowest BCUT2D eigenvalue weighted by Crippen LogP contribution is -2.38. The second-order valence-corrected chi connectivity index (χ2v) is 5.03. The largest absolute Gasteiger partial charge is 0.491 e. The number of ether oxygens (including phenoxy) is 1. The minimum absolute atomic E-state index is 0.0210. The first-order chi connectivity index (χ1) is 9.83. The van der Waals surface area contributed by atoms with Crippen molar-refractivity contribution in [3.63, 3.8) is 0 Å². The third-order valence-electron chi connectivity index (χ3n) is 2.98. The quantitative estimate of drug-likeness (QED) is 0.693. The molecule has 6 nitrogen and oxygen atoms in total. The second kappa shape index (κ2) is 7.07. The molecular weight excluding hydrogens is 274 g/mol. The number of benzene rings is 1. The Bertz CT molecular complexity index is 535. The van der Waals surface area contributed by atoms with E-state index in [1.165, 1.54) is 26.0 Å². The number of aliphatic hydroxyl groups is 2. The highest BCUT2D eigenvalue weighted by Crippen LogP contribution is 2.36. The second-order valence-electron chi connectivity index (χ2n) is 5.03. The Morgan fingerprint density at radius 2 is 1.95 bits per heavy atom. The Hall–Kier alpha value is -2.10. The van der Waals surface area contributed by atoms with Crippen LogP contribution in [-0.4, -0.2) is 40.1 Å². The topological polar surface area (TPSA) is 111 Å². The van der Waals surface area contributed by atoms with E-state index >= 15 is 0 Å². The first-order valence-corrected chi connectivity index (χ1v) is 6.56. The van der Waals surface area contributed by atoms with Gasteiger partial charge in [0, 0.05) is 12.0 Å². The van der Waals surface area contributed by atoms with Gasteiger partial charge in [0.1, 0.15) is 12.4 Å². The Kier molecular flexibility index (Phi) is 5.70. The highest BCUT2D eigenvalue weighted by atomic mass is 16.5. The van der Waals surface area contributed by atoms with Crippen LogP contribution >= 0.6 is 0 Å². The maximum absolute atomic E-state index is 11.6. The summed E-state index contributed by atoms with van der Waals surface area (Å²) in [7, 11) is 0. The molecule has 0 spiro atoms. The van der Waals surface area contributed by atoms with Crippen molar-refractivity contribution in [3.8, 4) is 11.8 Å². The maximum Gasteiger partial charge on any atom is 0.328 e. The Morgan fingerprint density at radius 1 is 1.33 bits per heavy atom. The SMILES string of the molecule is CC(O)COc1ccccc1C(C#N)(CC(C)O)C(=O)O. The van der Waals surface area contributed by atoms with Gasteiger partial charge in [-0.15, -0.1) is 0 Å². The smallest absolute Gasteiger partial charge is 0.328 e. The minimum Gasteiger partial charge on any atom is -0.491 e. The molecular formula is C15H19NO5. The molecule has 3 N–H and O–H groups in total. The number of aliphatic carboxylic acids is 1. The van der Waals surface area contributed by atoms with E-state index in [4.69, 9.17) is 4.74 Å². The summed E-state index contributed by atoms with van der Waals surface area (Å²) in [6.45, 7) is 2.94. The zero-order chi connectivity index (χ0) is 16.0. The summed E-state index contributed by atoms with van der Waals surface area (Å²) in [5.74, 6) is -1.14. The fourth-order valence-electron chi connectivity index (χ4n) is 2.06. The van der Waals surface area contributed by atoms with Gasteiger partial charge in [0.25, 0.3) is 0 Å². The fourth-order valence-corrected chi connectivity index (χ4v) is 2.06. The van der Waals surface area contributed by atoms with Crippen molar-refractivity contribution >= 4 is 5.97 Å². The normalized spacial score (nSPS) is 16.3. The number of carbonyl (C=O) groups is 1. The highest BCUT2D eigenvalue weighted by Gasteiger charge is 2.44. The van der Waals surface area contributed by atoms with Gasteiger partial charge in [-0.2, -0.15) is 5.26 Å². The van der Waals surface area contributed by atoms with Crippen molar-refractivity contribution in [1.82, 2.24) is 0 Å². The van der Waals surface area contributed by atoms with E-state index in [9.17, 15) is 25.4 Å². The van der Waals surface area contributed by atoms with E-state index in [2.05, 4.69) is 0 Å². The van der Waals surface area contributed by atoms with Crippen LogP contribution in [0.25, 0.3) is 0 Å². The van der Waals surface area contributed by atoms with Crippen LogP contribution < -0.4 is 4.74 Å². The zero-order valence-corrected chi connectivity index (χ0v) is 12.0. The molecule has 1 aromatic carbocycles. The summed E-state index contributed by atoms with van der Waals surface area (Å²) >= 11 is 0. The van der Waals surface area contributed by atoms with E-state index in [1.54, 1.807) is 18.2 Å². The molecule has 0 amide bonds. The van der Waals surface area contributed by atoms with Crippen LogP contribution in [0.5, 0.6) is 5.75 Å². The first-order valence-electron chi connectivity index (χ1n) is 6.56. The van der Waals surface area contributed by atoms with Crippen molar-refractivity contribution in [3.05, 3.63) is 29.8 Å². The summed E-state index contributed by atoms with van der Waals surface area (Å²) < 4.78 is 5.39. The van der Waals surface area contributed by atoms with Crippen LogP contribution in [0.2, 0.25) is 0 Å². The minimum atomic E-state index is -1.90. The molecule has 0 aliphatic carbocycles. The molecule has 0 saturated carbocycles. The number of aliphatic hydroxyl groups excluding tert-OH is 2. The van der Waals surface area contributed by atoms with Gasteiger partial charge in [-0.05, 0) is 19.9 Å². The molecule has 114 valence electrons. The van der Waals surface area contributed by atoms with E-state index in [0.29, 0.717) is 0 Å². The van der Waals surface area contributed by atoms with Crippen molar-refractivity contribution in [2.75, 3.05) is 6.61 Å². The third kappa shape index (κ3) is 3.94. The predicted molar refractivity (Wildman–Crippen MR) is 74.8 cm³/mol. The van der Waals surface area contributed by atoms with Crippen LogP contribution in [0, 0.1) is 11.3 Å². The van der Waals surface area contributed by atoms with E-state index in [-0.39, 0.29) is 24.3 Å². The number of para-hydroxylation sites is 1. The van der Waals surface area contributed by atoms with Crippen molar-refractivity contribution < 1.29 is 24.9 Å². The van der Waals surface area contributed by atoms with Crippen LogP contribution in [0.15, 0.2) is 24.3 Å². The van der Waals surface area contributed by atoms with Crippen molar-refractivity contribution in [2.45, 2.75) is 37.9 Å². The number of carboxylic acid groups (broad SMARTS) is 1. The molecule has 1 rings (SSSR count). The van der Waals surface area contributed by atoms with Gasteiger partial charge in [-0.1, -0.05) is 18.2 Å². The summed E-state index contributed by atoms with van der Waals surface area (Å²) in [6, 6.07) is 8.05. The first kappa shape index (κ1) is 17.0. The number of hydrogen-bond acceptors (Lipinski definition) is 5. The Morgan fingerprint density at radius 3 is 2.43 bits per heavy atom. The molecule has 0 aliphatic heterocycles. The van der Waals surface area contributed by atoms with E-state index < -0.39 is 23.6 Å². The lowest BCUT2D eigenvalue weighted by molar-refractivity contribution is -0.142. The van der Waals surface area contributed by atoms with E-state index in [1.807, 2.05) is 0 Å². The van der Waals surface area contributed by atoms with E-state index in [0.717, 1.165) is 0 Å². The third-order valence-corrected chi connectivity index (χ3v) is 2.98. The molecule has 0 aromatic heterocycles. The molecule has 1 aromatic rings. The fraction of sp³-hybridized carbons (Fsp3) is 0.467. The molecule has 0 aliphatic rings. The Labute approximate surface area is 123 Å². The average Bonchev–Trinajstić information content (AvgIpc) is 2.42. The predicted octanol–water partition coefficient (Wildman–Crippen LogP) is 1.06. The standard InChI is InChI=1S/C15H19NO5/c1-10(17)7-15(9-16,14(19)20)12-5-3-4-6-13(12)21-8-11(2)18/h3-6,10-11,17-18H,7-8H2,1-2H3,(H,19,20). The molecule has 0 radical (unpaired) electrons. The van der Waals surface area contributed by atoms with Crippen LogP contribution in [0.4, 0.5) is 0 Å². The van der Waals surface area contributed by atoms with Gasteiger partial charge in [-0.3, -0.25) is 4.79 Å². The molecule has 3 unspecified atom stereocenters. The number of nitriles is 1. The van der Waals surface area contributed by atoms with Crippen LogP contribution in [0.3, 0.4) is 0 Å². The summed E-state index contributed by atoms with van der Waals surface area (Å²) in [4.78, 5) is 11.6. The maximum atomic E-state index is 11.6. The Balaban J connectivity index is 3.31. The number of carboxylic acids is 1. The molecule has 0 fully saturated rings. The summed E-state index contributed by atoms with van der Waals surface area (Å²) in [6.07, 6.45) is -1.95. The van der Waals surface area contributed by atoms with Gasteiger partial charge >= 0.3 is 5.97 Å². The van der Waals surface area contributed by atoms with Gasteiger partial charge < -0.3 is 20.1 Å². The molecule has 3 atom stereocenters. The molecule has 0 saturated heterocycles. The molecule has 6 heteroatoms. The molecule has 21 heavy (non-hydrogen) atoms. The number of rotatable bonds is 7. The monoisotopic (exact) mass is 293 g/mol. The number of hydrogen-bond donors (Lipinski definition) is 3. The summed E-state index contributed by atoms with van der Waals surface area (Å²) in [5.41, 5.74) is -1.73. The van der Waals surface area contributed by atoms with Crippen LogP contribution in [-0.2, 0) is 10.2 Å².